The molecule has 0 aromatic heterocycles. The number of carbonyl (C=O) groups excluding carboxylic acids is 2. The van der Waals surface area contributed by atoms with Crippen LogP contribution in [0.4, 0.5) is 11.4 Å². The van der Waals surface area contributed by atoms with Crippen molar-refractivity contribution in [1.29, 1.82) is 0 Å². The van der Waals surface area contributed by atoms with Gasteiger partial charge in [0.2, 0.25) is 11.8 Å². The van der Waals surface area contributed by atoms with E-state index < -0.39 is 76.4 Å². The number of carboxylic acid groups (broad SMARTS) is 2. The molecule has 16 heteroatoms. The summed E-state index contributed by atoms with van der Waals surface area (Å²) in [6.07, 6.45) is -0.963. The molecule has 2 amide bonds. The molecule has 32 heavy (non-hydrogen) atoms. The first-order valence-corrected chi connectivity index (χ1v) is 9.74. The third kappa shape index (κ3) is 8.15. The highest BCUT2D eigenvalue weighted by atomic mass is 32.2. The highest BCUT2D eigenvalue weighted by molar-refractivity contribution is 7.99. The number of aliphatic carboxylic acids is 2. The number of hydrogen-bond acceptors (Lipinski definition) is 10. The molecule has 0 fully saturated rings. The van der Waals surface area contributed by atoms with Crippen molar-refractivity contribution in [3.63, 3.8) is 0 Å². The Hall–Kier alpha value is -3.79. The van der Waals surface area contributed by atoms with Gasteiger partial charge in [-0.15, -0.1) is 11.8 Å². The van der Waals surface area contributed by atoms with E-state index >= 15 is 0 Å². The van der Waals surface area contributed by atoms with E-state index in [1.54, 1.807) is 0 Å². The van der Waals surface area contributed by atoms with Gasteiger partial charge < -0.3 is 26.6 Å². The largest absolute Gasteiger partial charge is 0.481 e. The van der Waals surface area contributed by atoms with Crippen LogP contribution in [0.25, 0.3) is 0 Å². The van der Waals surface area contributed by atoms with Gasteiger partial charge in [-0.3, -0.25) is 34.6 Å². The van der Waals surface area contributed by atoms with Gasteiger partial charge in [0.1, 0.15) is 12.1 Å². The number of nitro benzene ring substituents is 2. The standard InChI is InChI=1S/C16H19N5O10S/c17-6-13(22)18-10(15(25)19-9(16(26)27)2-4-14(23)24)7-32-12-3-1-8(20(28)29)5-11(12)21(30)31/h1,3,5,9-10H,2,4,6-7,17H2,(H,18,22)(H,19,25)(H,23,24)(H,26,27)/t9-,10-/m0/s1. The number of benzene rings is 1. The van der Waals surface area contributed by atoms with E-state index in [0.717, 1.165) is 18.2 Å². The van der Waals surface area contributed by atoms with Gasteiger partial charge in [-0.25, -0.2) is 4.79 Å². The van der Waals surface area contributed by atoms with Gasteiger partial charge in [0, 0.05) is 18.2 Å². The van der Waals surface area contributed by atoms with Crippen LogP contribution in [0.1, 0.15) is 12.8 Å². The number of hydrogen-bond donors (Lipinski definition) is 5. The summed E-state index contributed by atoms with van der Waals surface area (Å²) in [6, 6.07) is -0.0856. The molecule has 0 aliphatic heterocycles. The summed E-state index contributed by atoms with van der Waals surface area (Å²) >= 11 is 0.716. The number of carbonyl (C=O) groups is 4. The van der Waals surface area contributed by atoms with Crippen molar-refractivity contribution in [3.8, 4) is 0 Å². The predicted octanol–water partition coefficient (Wildman–Crippen LogP) is -0.527. The highest BCUT2D eigenvalue weighted by Crippen LogP contribution is 2.32. The Morgan fingerprint density at radius 2 is 1.72 bits per heavy atom. The molecule has 0 bridgehead atoms. The lowest BCUT2D eigenvalue weighted by atomic mass is 10.1. The molecular weight excluding hydrogens is 454 g/mol. The molecule has 0 radical (unpaired) electrons. The number of carboxylic acids is 2. The molecule has 6 N–H and O–H groups in total. The lowest BCUT2D eigenvalue weighted by molar-refractivity contribution is -0.396. The smallest absolute Gasteiger partial charge is 0.326 e. The topological polar surface area (TPSA) is 245 Å². The first-order chi connectivity index (χ1) is 15.0. The monoisotopic (exact) mass is 473 g/mol. The van der Waals surface area contributed by atoms with Gasteiger partial charge in [-0.1, -0.05) is 0 Å². The summed E-state index contributed by atoms with van der Waals surface area (Å²) < 4.78 is 0. The number of non-ortho nitro benzene ring substituents is 1. The Morgan fingerprint density at radius 3 is 2.22 bits per heavy atom. The Morgan fingerprint density at radius 1 is 1.06 bits per heavy atom. The molecule has 0 saturated carbocycles. The number of nitrogens with one attached hydrogen (secondary N) is 2. The fourth-order valence-corrected chi connectivity index (χ4v) is 3.32. The molecule has 0 aliphatic rings. The lowest BCUT2D eigenvalue weighted by Crippen LogP contribution is -2.53. The Labute approximate surface area is 183 Å². The molecule has 174 valence electrons. The maximum absolute atomic E-state index is 12.5. The van der Waals surface area contributed by atoms with Crippen molar-refractivity contribution >= 4 is 46.9 Å². The van der Waals surface area contributed by atoms with Gasteiger partial charge in [0.15, 0.2) is 0 Å². The van der Waals surface area contributed by atoms with E-state index in [4.69, 9.17) is 10.8 Å². The second-order valence-electron chi connectivity index (χ2n) is 6.13. The normalized spacial score (nSPS) is 12.3. The zero-order valence-corrected chi connectivity index (χ0v) is 17.1. The van der Waals surface area contributed by atoms with Gasteiger partial charge in [-0.05, 0) is 12.5 Å². The van der Waals surface area contributed by atoms with Crippen molar-refractivity contribution in [2.24, 2.45) is 5.73 Å². The van der Waals surface area contributed by atoms with E-state index in [0.29, 0.717) is 11.8 Å². The fourth-order valence-electron chi connectivity index (χ4n) is 2.29. The van der Waals surface area contributed by atoms with Gasteiger partial charge in [0.05, 0.1) is 27.4 Å². The third-order valence-corrected chi connectivity index (χ3v) is 5.01. The molecule has 1 aromatic rings. The van der Waals surface area contributed by atoms with E-state index in [2.05, 4.69) is 10.6 Å². The number of nitrogens with zero attached hydrogens (tertiary/aromatic N) is 2. The second-order valence-corrected chi connectivity index (χ2v) is 7.20. The summed E-state index contributed by atoms with van der Waals surface area (Å²) in [5, 5.41) is 44.3. The summed E-state index contributed by atoms with van der Waals surface area (Å²) in [4.78, 5) is 66.5. The maximum Gasteiger partial charge on any atom is 0.326 e. The fraction of sp³-hybridized carbons (Fsp3) is 0.375. The van der Waals surface area contributed by atoms with Crippen LogP contribution >= 0.6 is 11.8 Å². The summed E-state index contributed by atoms with van der Waals surface area (Å²) in [5.41, 5.74) is 4.09. The Balaban J connectivity index is 3.05. The molecule has 15 nitrogen and oxygen atoms in total. The van der Waals surface area contributed by atoms with Crippen molar-refractivity contribution < 1.29 is 39.2 Å². The summed E-state index contributed by atoms with van der Waals surface area (Å²) in [7, 11) is 0. The summed E-state index contributed by atoms with van der Waals surface area (Å²) in [5.74, 6) is -4.86. The maximum atomic E-state index is 12.5. The van der Waals surface area contributed by atoms with Crippen LogP contribution in [-0.2, 0) is 19.2 Å². The SMILES string of the molecule is NCC(=O)N[C@@H](CSc1ccc([N+](=O)[O-])cc1[N+](=O)[O-])C(=O)N[C@@H](CCC(=O)O)C(=O)O. The van der Waals surface area contributed by atoms with E-state index in [1.807, 2.05) is 0 Å². The molecule has 1 aromatic carbocycles. The first kappa shape index (κ1) is 26.2. The zero-order chi connectivity index (χ0) is 24.4. The van der Waals surface area contributed by atoms with Crippen molar-refractivity contribution in [1.82, 2.24) is 10.6 Å². The van der Waals surface area contributed by atoms with Crippen molar-refractivity contribution in [3.05, 3.63) is 38.4 Å². The average molecular weight is 473 g/mol. The molecule has 1 rings (SSSR count). The van der Waals surface area contributed by atoms with E-state index in [1.165, 1.54) is 0 Å². The van der Waals surface area contributed by atoms with Gasteiger partial charge in [0.25, 0.3) is 11.4 Å². The Kier molecular flexibility index (Phi) is 9.97. The molecule has 0 spiro atoms. The van der Waals surface area contributed by atoms with Crippen LogP contribution < -0.4 is 16.4 Å². The van der Waals surface area contributed by atoms with E-state index in [9.17, 15) is 44.5 Å². The Bertz CT molecular complexity index is 924. The predicted molar refractivity (Wildman–Crippen MR) is 108 cm³/mol. The molecular formula is C16H19N5O10S. The van der Waals surface area contributed by atoms with Gasteiger partial charge in [-0.2, -0.15) is 0 Å². The van der Waals surface area contributed by atoms with Crippen LogP contribution in [0, 0.1) is 20.2 Å². The second kappa shape index (κ2) is 12.2. The minimum Gasteiger partial charge on any atom is -0.481 e. The molecule has 2 atom stereocenters. The minimum absolute atomic E-state index is 0.0407. The zero-order valence-electron chi connectivity index (χ0n) is 16.3. The number of nitro groups is 2. The minimum atomic E-state index is -1.56. The number of thioether (sulfide) groups is 1. The highest BCUT2D eigenvalue weighted by Gasteiger charge is 2.28. The molecule has 0 unspecified atom stereocenters. The first-order valence-electron chi connectivity index (χ1n) is 8.76. The molecule has 0 saturated heterocycles. The third-order valence-electron chi connectivity index (χ3n) is 3.85. The van der Waals surface area contributed by atoms with Crippen LogP contribution in [-0.4, -0.2) is 68.2 Å². The number of amides is 2. The number of rotatable bonds is 13. The molecule has 0 heterocycles. The lowest BCUT2D eigenvalue weighted by Gasteiger charge is -2.21. The van der Waals surface area contributed by atoms with Crippen molar-refractivity contribution in [2.75, 3.05) is 12.3 Å². The average Bonchev–Trinajstić information content (AvgIpc) is 2.72. The molecule has 0 aliphatic carbocycles. The van der Waals surface area contributed by atoms with Crippen LogP contribution in [0.15, 0.2) is 23.1 Å². The van der Waals surface area contributed by atoms with Crippen molar-refractivity contribution in [2.45, 2.75) is 29.8 Å². The van der Waals surface area contributed by atoms with Gasteiger partial charge >= 0.3 is 11.9 Å². The van der Waals surface area contributed by atoms with E-state index in [-0.39, 0.29) is 10.6 Å². The number of nitrogens with two attached hydrogens (primary N) is 1. The summed E-state index contributed by atoms with van der Waals surface area (Å²) in [6.45, 7) is -0.506. The van der Waals surface area contributed by atoms with Crippen LogP contribution in [0.3, 0.4) is 0 Å². The quantitative estimate of drug-likeness (QED) is 0.138. The van der Waals surface area contributed by atoms with Crippen LogP contribution in [0.2, 0.25) is 0 Å². The van der Waals surface area contributed by atoms with Crippen LogP contribution in [0.5, 0.6) is 0 Å².